The van der Waals surface area contributed by atoms with Crippen molar-refractivity contribution in [3.63, 3.8) is 0 Å². The summed E-state index contributed by atoms with van der Waals surface area (Å²) in [5, 5.41) is 13.6. The van der Waals surface area contributed by atoms with E-state index in [0.29, 0.717) is 23.4 Å². The smallest absolute Gasteiger partial charge is 0.197 e. The molecule has 0 aliphatic heterocycles. The molecule has 108 valence electrons. The van der Waals surface area contributed by atoms with E-state index >= 15 is 0 Å². The van der Waals surface area contributed by atoms with Crippen molar-refractivity contribution >= 4 is 22.4 Å². The number of nitrogen functional groups attached to an aromatic ring is 1. The summed E-state index contributed by atoms with van der Waals surface area (Å²) in [7, 11) is 0. The zero-order chi connectivity index (χ0) is 13.8. The molecule has 0 bridgehead atoms. The monoisotopic (exact) mass is 285 g/mol. The summed E-state index contributed by atoms with van der Waals surface area (Å²) in [5.74, 6) is 2.07. The van der Waals surface area contributed by atoms with Crippen LogP contribution in [-0.4, -0.2) is 28.7 Å². The van der Waals surface area contributed by atoms with Crippen LogP contribution in [-0.2, 0) is 0 Å². The van der Waals surface area contributed by atoms with E-state index in [0.717, 1.165) is 18.0 Å². The molecule has 0 amide bonds. The fourth-order valence-electron chi connectivity index (χ4n) is 2.60. The second-order valence-electron chi connectivity index (χ2n) is 5.41. The maximum Gasteiger partial charge on any atom is 0.197 e. The zero-order valence-electron chi connectivity index (χ0n) is 11.6. The Morgan fingerprint density at radius 1 is 1.47 bits per heavy atom. The van der Waals surface area contributed by atoms with Gasteiger partial charge in [0.2, 0.25) is 0 Å². The second kappa shape index (κ2) is 6.43. The number of anilines is 2. The highest BCUT2D eigenvalue weighted by atomic mass is 32.1. The Bertz CT molecular complexity index is 409. The van der Waals surface area contributed by atoms with Crippen LogP contribution >= 0.6 is 11.5 Å². The number of aliphatic hydroxyl groups is 1. The van der Waals surface area contributed by atoms with Crippen LogP contribution in [0.3, 0.4) is 0 Å². The van der Waals surface area contributed by atoms with Gasteiger partial charge < -0.3 is 20.9 Å². The van der Waals surface area contributed by atoms with Crippen molar-refractivity contribution in [2.24, 2.45) is 11.8 Å². The minimum atomic E-state index is 0.0796. The van der Waals surface area contributed by atoms with Gasteiger partial charge >= 0.3 is 0 Å². The molecule has 2 atom stereocenters. The van der Waals surface area contributed by atoms with Gasteiger partial charge in [-0.15, -0.1) is 0 Å². The lowest BCUT2D eigenvalue weighted by molar-refractivity contribution is 0.199. The van der Waals surface area contributed by atoms with Crippen LogP contribution in [0.2, 0.25) is 0 Å². The van der Waals surface area contributed by atoms with E-state index in [1.54, 1.807) is 0 Å². The molecule has 1 saturated carbocycles. The number of nitrogens with zero attached hydrogens (tertiary/aromatic N) is 1. The lowest BCUT2D eigenvalue weighted by Crippen LogP contribution is -2.20. The first-order valence-electron chi connectivity index (χ1n) is 6.88. The standard InChI is InChI=1S/C13H23N3O2S/c1-8(2)18-11-12(14)16-19-13(11)15-6-9-4-3-5-10(9)7-17/h8-10,15,17H,3-7H2,1-2H3,(H2,14,16). The Balaban J connectivity index is 1.95. The molecule has 1 fully saturated rings. The highest BCUT2D eigenvalue weighted by molar-refractivity contribution is 7.11. The van der Waals surface area contributed by atoms with Crippen LogP contribution in [0.15, 0.2) is 0 Å². The minimum Gasteiger partial charge on any atom is -0.484 e. The Morgan fingerprint density at radius 3 is 2.89 bits per heavy atom. The van der Waals surface area contributed by atoms with Gasteiger partial charge in [-0.2, -0.15) is 4.37 Å². The summed E-state index contributed by atoms with van der Waals surface area (Å²) in [5.41, 5.74) is 5.82. The lowest BCUT2D eigenvalue weighted by Gasteiger charge is -2.18. The number of hydrogen-bond donors (Lipinski definition) is 3. The fraction of sp³-hybridized carbons (Fsp3) is 0.769. The van der Waals surface area contributed by atoms with Gasteiger partial charge in [0, 0.05) is 13.2 Å². The molecular formula is C13H23N3O2S. The lowest BCUT2D eigenvalue weighted by atomic mass is 9.97. The van der Waals surface area contributed by atoms with Gasteiger partial charge in [-0.25, -0.2) is 0 Å². The number of rotatable bonds is 6. The highest BCUT2D eigenvalue weighted by Gasteiger charge is 2.27. The predicted octanol–water partition coefficient (Wildman–Crippen LogP) is 2.33. The third-order valence-corrected chi connectivity index (χ3v) is 4.40. The normalized spacial score (nSPS) is 22.9. The average Bonchev–Trinajstić information content (AvgIpc) is 2.95. The molecule has 6 heteroatoms. The van der Waals surface area contributed by atoms with Crippen molar-refractivity contribution in [2.75, 3.05) is 24.2 Å². The van der Waals surface area contributed by atoms with E-state index < -0.39 is 0 Å². The number of hydrogen-bond acceptors (Lipinski definition) is 6. The second-order valence-corrected chi connectivity index (χ2v) is 6.18. The Kier molecular flexibility index (Phi) is 4.87. The molecule has 0 radical (unpaired) electrons. The molecule has 1 aliphatic rings. The summed E-state index contributed by atoms with van der Waals surface area (Å²) >= 11 is 1.34. The molecule has 2 unspecified atom stereocenters. The molecular weight excluding hydrogens is 262 g/mol. The van der Waals surface area contributed by atoms with Crippen LogP contribution in [0.1, 0.15) is 33.1 Å². The van der Waals surface area contributed by atoms with Crippen molar-refractivity contribution in [1.29, 1.82) is 0 Å². The van der Waals surface area contributed by atoms with Crippen molar-refractivity contribution in [2.45, 2.75) is 39.2 Å². The quantitative estimate of drug-likeness (QED) is 0.747. The molecule has 1 aromatic heterocycles. The van der Waals surface area contributed by atoms with Crippen LogP contribution in [0.25, 0.3) is 0 Å². The van der Waals surface area contributed by atoms with E-state index in [1.807, 2.05) is 13.8 Å². The number of nitrogens with one attached hydrogen (secondary N) is 1. The first-order chi connectivity index (χ1) is 9.11. The van der Waals surface area contributed by atoms with Gasteiger partial charge in [-0.05, 0) is 50.1 Å². The average molecular weight is 285 g/mol. The van der Waals surface area contributed by atoms with Gasteiger partial charge in [-0.3, -0.25) is 0 Å². The zero-order valence-corrected chi connectivity index (χ0v) is 12.4. The van der Waals surface area contributed by atoms with Gasteiger partial charge in [0.1, 0.15) is 0 Å². The van der Waals surface area contributed by atoms with E-state index in [1.165, 1.54) is 24.4 Å². The molecule has 2 rings (SSSR count). The number of aromatic nitrogens is 1. The largest absolute Gasteiger partial charge is 0.484 e. The molecule has 1 aliphatic carbocycles. The van der Waals surface area contributed by atoms with Crippen LogP contribution in [0.4, 0.5) is 10.8 Å². The fourth-order valence-corrected chi connectivity index (χ4v) is 3.26. The molecule has 5 nitrogen and oxygen atoms in total. The van der Waals surface area contributed by atoms with Crippen LogP contribution in [0, 0.1) is 11.8 Å². The van der Waals surface area contributed by atoms with Gasteiger partial charge in [0.05, 0.1) is 6.10 Å². The van der Waals surface area contributed by atoms with Crippen molar-refractivity contribution in [1.82, 2.24) is 4.37 Å². The predicted molar refractivity (Wildman–Crippen MR) is 78.7 cm³/mol. The van der Waals surface area contributed by atoms with E-state index in [9.17, 15) is 5.11 Å². The maximum absolute atomic E-state index is 9.33. The number of aliphatic hydroxyl groups excluding tert-OH is 1. The van der Waals surface area contributed by atoms with Crippen molar-refractivity contribution in [3.8, 4) is 5.75 Å². The molecule has 1 aromatic rings. The topological polar surface area (TPSA) is 80.4 Å². The minimum absolute atomic E-state index is 0.0796. The highest BCUT2D eigenvalue weighted by Crippen LogP contribution is 2.37. The molecule has 0 aromatic carbocycles. The van der Waals surface area contributed by atoms with Crippen molar-refractivity contribution < 1.29 is 9.84 Å². The Morgan fingerprint density at radius 2 is 2.21 bits per heavy atom. The van der Waals surface area contributed by atoms with E-state index in [2.05, 4.69) is 9.69 Å². The summed E-state index contributed by atoms with van der Waals surface area (Å²) in [6.07, 6.45) is 3.59. The SMILES string of the molecule is CC(C)Oc1c(N)nsc1NCC1CCCC1CO. The van der Waals surface area contributed by atoms with E-state index in [-0.39, 0.29) is 12.7 Å². The third kappa shape index (κ3) is 3.51. The van der Waals surface area contributed by atoms with Gasteiger partial charge in [-0.1, -0.05) is 6.42 Å². The van der Waals surface area contributed by atoms with E-state index in [4.69, 9.17) is 10.5 Å². The third-order valence-electron chi connectivity index (χ3n) is 3.60. The molecule has 1 heterocycles. The summed E-state index contributed by atoms with van der Waals surface area (Å²) in [6.45, 7) is 5.08. The van der Waals surface area contributed by atoms with Gasteiger partial charge in [0.25, 0.3) is 0 Å². The maximum atomic E-state index is 9.33. The molecule has 0 saturated heterocycles. The van der Waals surface area contributed by atoms with Crippen molar-refractivity contribution in [3.05, 3.63) is 0 Å². The van der Waals surface area contributed by atoms with Crippen LogP contribution in [0.5, 0.6) is 5.75 Å². The molecule has 0 spiro atoms. The summed E-state index contributed by atoms with van der Waals surface area (Å²) in [6, 6.07) is 0. The number of ether oxygens (including phenoxy) is 1. The van der Waals surface area contributed by atoms with Gasteiger partial charge in [0.15, 0.2) is 16.6 Å². The molecule has 4 N–H and O–H groups in total. The summed E-state index contributed by atoms with van der Waals surface area (Å²) < 4.78 is 9.83. The first-order valence-corrected chi connectivity index (χ1v) is 7.65. The first kappa shape index (κ1) is 14.4. The Labute approximate surface area is 118 Å². The Hall–Kier alpha value is -1.01. The summed E-state index contributed by atoms with van der Waals surface area (Å²) in [4.78, 5) is 0. The molecule has 19 heavy (non-hydrogen) atoms. The number of nitrogens with two attached hydrogens (primary N) is 1. The van der Waals surface area contributed by atoms with Crippen LogP contribution < -0.4 is 15.8 Å².